The third-order valence-corrected chi connectivity index (χ3v) is 22.2. The summed E-state index contributed by atoms with van der Waals surface area (Å²) in [6, 6.07) is 0. The second-order valence-corrected chi connectivity index (χ2v) is 35.0. The molecule has 0 aromatic carbocycles. The quantitative estimate of drug-likeness (QED) is 0.0146. The summed E-state index contributed by atoms with van der Waals surface area (Å²) in [6.07, 6.45) is 128. The SMILES string of the molecule is CC/C=C\C/C=C\C/C=C\C/C=C\C/C=C\C/C=C\CCCCCCCCCCCCCCCCCCC(=O)OCC(O)COP(=O)(O)OCC(O)COP(=O)(O)OCC(COC(=O)CCCCCCCCCCCCCC/C=C\C/C=C\C/C=C\C/C=C\C/C=C\C/C=C\CC)OC(=O)CCCCCCC/C=C\C/C=C\C/C=C\C/C=C\CCCCC. The van der Waals surface area contributed by atoms with Crippen molar-refractivity contribution in [2.45, 2.75) is 411 Å². The van der Waals surface area contributed by atoms with Gasteiger partial charge >= 0.3 is 33.6 Å². The van der Waals surface area contributed by atoms with Gasteiger partial charge in [0.15, 0.2) is 6.10 Å². The van der Waals surface area contributed by atoms with Crippen molar-refractivity contribution in [3.63, 3.8) is 0 Å². The molecule has 0 aromatic rings. The van der Waals surface area contributed by atoms with Gasteiger partial charge in [0.1, 0.15) is 25.4 Å². The third kappa shape index (κ3) is 96.9. The number of esters is 3. The number of aliphatic hydroxyl groups is 2. The number of carbonyl (C=O) groups excluding carboxylic acids is 3. The molecule has 0 amide bonds. The minimum atomic E-state index is -4.95. The maximum Gasteiger partial charge on any atom is 0.472 e. The average Bonchev–Trinajstić information content (AvgIpc) is 0.898. The fourth-order valence-electron chi connectivity index (χ4n) is 13.0. The van der Waals surface area contributed by atoms with E-state index in [0.717, 1.165) is 186 Å². The van der Waals surface area contributed by atoms with Gasteiger partial charge in [0.2, 0.25) is 0 Å². The lowest BCUT2D eigenvalue weighted by atomic mass is 10.0. The molecular weight excluding hydrogens is 1580 g/mol. The van der Waals surface area contributed by atoms with Crippen LogP contribution >= 0.6 is 15.6 Å². The van der Waals surface area contributed by atoms with Crippen LogP contribution in [0.25, 0.3) is 0 Å². The summed E-state index contributed by atoms with van der Waals surface area (Å²) in [6.45, 7) is 2.44. The van der Waals surface area contributed by atoms with Crippen molar-refractivity contribution in [3.05, 3.63) is 194 Å². The van der Waals surface area contributed by atoms with Crippen LogP contribution in [0.2, 0.25) is 0 Å². The summed E-state index contributed by atoms with van der Waals surface area (Å²) >= 11 is 0. The van der Waals surface area contributed by atoms with Crippen LogP contribution in [0.4, 0.5) is 0 Å². The van der Waals surface area contributed by atoms with E-state index in [2.05, 4.69) is 215 Å². The number of allylic oxidation sites excluding steroid dienone is 32. The van der Waals surface area contributed by atoms with Crippen LogP contribution in [0.3, 0.4) is 0 Å². The molecule has 0 radical (unpaired) electrons. The van der Waals surface area contributed by atoms with E-state index in [4.69, 9.17) is 32.3 Å². The Morgan fingerprint density at radius 1 is 0.236 bits per heavy atom. The Hall–Kier alpha value is -5.61. The number of ether oxygens (including phenoxy) is 3. The number of unbranched alkanes of at least 4 members (excludes halogenated alkanes) is 36. The second-order valence-electron chi connectivity index (χ2n) is 32.1. The Morgan fingerprint density at radius 3 is 0.683 bits per heavy atom. The van der Waals surface area contributed by atoms with Crippen molar-refractivity contribution in [2.75, 3.05) is 39.6 Å². The van der Waals surface area contributed by atoms with E-state index >= 15 is 0 Å². The van der Waals surface area contributed by atoms with Crippen molar-refractivity contribution >= 4 is 33.6 Å². The zero-order valence-corrected chi connectivity index (χ0v) is 79.3. The maximum atomic E-state index is 13.1. The molecule has 16 nitrogen and oxygen atoms in total. The molecule has 0 saturated heterocycles. The molecule has 0 saturated carbocycles. The third-order valence-electron chi connectivity index (χ3n) is 20.3. The van der Waals surface area contributed by atoms with Crippen molar-refractivity contribution in [2.24, 2.45) is 0 Å². The second kappa shape index (κ2) is 95.5. The molecule has 0 heterocycles. The topological polar surface area (TPSA) is 231 Å². The predicted molar refractivity (Wildman–Crippen MR) is 518 cm³/mol. The Kier molecular flexibility index (Phi) is 91.1. The molecule has 0 fully saturated rings. The van der Waals surface area contributed by atoms with E-state index in [-0.39, 0.29) is 19.3 Å². The van der Waals surface area contributed by atoms with E-state index in [1.807, 2.05) is 0 Å². The van der Waals surface area contributed by atoms with E-state index in [9.17, 15) is 43.5 Å². The molecular formula is C105H176O16P2. The Bertz CT molecular complexity index is 3020. The Labute approximate surface area is 750 Å². The van der Waals surface area contributed by atoms with Crippen LogP contribution < -0.4 is 0 Å². The minimum absolute atomic E-state index is 0.0785. The van der Waals surface area contributed by atoms with Gasteiger partial charge in [-0.3, -0.25) is 32.5 Å². The zero-order chi connectivity index (χ0) is 89.3. The first-order chi connectivity index (χ1) is 60.2. The molecule has 0 aliphatic rings. The molecule has 0 spiro atoms. The lowest BCUT2D eigenvalue weighted by Crippen LogP contribution is -2.30. The lowest BCUT2D eigenvalue weighted by Gasteiger charge is -2.21. The first-order valence-electron chi connectivity index (χ1n) is 48.7. The molecule has 702 valence electrons. The Balaban J connectivity index is 4.57. The molecule has 0 rings (SSSR count). The van der Waals surface area contributed by atoms with Gasteiger partial charge in [-0.15, -0.1) is 0 Å². The van der Waals surface area contributed by atoms with Crippen LogP contribution in [0.5, 0.6) is 0 Å². The summed E-state index contributed by atoms with van der Waals surface area (Å²) in [5.41, 5.74) is 0. The van der Waals surface area contributed by atoms with E-state index in [1.165, 1.54) is 148 Å². The standard InChI is InChI=1S/C105H176O16P2/c1-4-7-10-13-16-19-22-25-28-31-34-37-39-41-43-45-47-48-49-50-52-54-55-57-59-62-64-67-70-73-76-79-82-85-88-91-103(108)115-94-100(106)95-117-122(111,112)118-96-101(107)97-119-123(113,114)120-99-102(121-105(110)93-90-87-84-81-78-75-72-69-66-61-36-33-30-27-24-21-18-15-12-9-6-3)98-116-104(109)92-89-86-83-80-77-74-71-68-65-63-60-58-56-53-51-46-44-42-40-38-35-32-29-26-23-20-17-14-11-8-5-2/h7-8,10-11,16-21,25-30,34-38,41-44,47-48,51,53,61,69,72,100-102,106-107H,4-6,9,12-15,22-24,31-33,39-40,45-46,49-50,52,54-60,62-68,70-71,73-99H2,1-3H3,(H,111,112)(H,113,114)/b10-7-,11-8-,19-16-,20-17-,21-18-,28-25-,29-26-,30-27-,37-34-,38-35-,43-41-,44-42-,48-47-,53-51-,61-36-,72-69-. The predicted octanol–water partition coefficient (Wildman–Crippen LogP) is 30.6. The molecule has 123 heavy (non-hydrogen) atoms. The van der Waals surface area contributed by atoms with Gasteiger partial charge in [0, 0.05) is 19.3 Å². The van der Waals surface area contributed by atoms with E-state index < -0.39 is 91.5 Å². The van der Waals surface area contributed by atoms with Gasteiger partial charge in [-0.1, -0.05) is 401 Å². The highest BCUT2D eigenvalue weighted by molar-refractivity contribution is 7.47. The number of carbonyl (C=O) groups is 3. The fraction of sp³-hybridized carbons (Fsp3) is 0.667. The van der Waals surface area contributed by atoms with E-state index in [1.54, 1.807) is 0 Å². The van der Waals surface area contributed by atoms with Crippen LogP contribution in [0.15, 0.2) is 194 Å². The molecule has 0 aliphatic carbocycles. The maximum absolute atomic E-state index is 13.1. The Morgan fingerprint density at radius 2 is 0.431 bits per heavy atom. The number of aliphatic hydroxyl groups excluding tert-OH is 2. The van der Waals surface area contributed by atoms with Crippen molar-refractivity contribution in [1.82, 2.24) is 0 Å². The summed E-state index contributed by atoms with van der Waals surface area (Å²) < 4.78 is 61.6. The number of hydrogen-bond acceptors (Lipinski definition) is 14. The molecule has 0 bridgehead atoms. The first kappa shape index (κ1) is 117. The van der Waals surface area contributed by atoms with Crippen molar-refractivity contribution in [1.29, 1.82) is 0 Å². The first-order valence-corrected chi connectivity index (χ1v) is 51.7. The molecule has 0 aliphatic heterocycles. The number of hydrogen-bond donors (Lipinski definition) is 4. The van der Waals surface area contributed by atoms with Gasteiger partial charge in [0.25, 0.3) is 0 Å². The van der Waals surface area contributed by atoms with Gasteiger partial charge in [-0.25, -0.2) is 9.13 Å². The highest BCUT2D eigenvalue weighted by Crippen LogP contribution is 2.45. The smallest absolute Gasteiger partial charge is 0.463 e. The van der Waals surface area contributed by atoms with Gasteiger partial charge in [0.05, 0.1) is 26.4 Å². The van der Waals surface area contributed by atoms with Gasteiger partial charge < -0.3 is 34.2 Å². The minimum Gasteiger partial charge on any atom is -0.463 e. The van der Waals surface area contributed by atoms with Crippen molar-refractivity contribution < 1.29 is 75.8 Å². The lowest BCUT2D eigenvalue weighted by molar-refractivity contribution is -0.161. The summed E-state index contributed by atoms with van der Waals surface area (Å²) in [4.78, 5) is 59.1. The van der Waals surface area contributed by atoms with Crippen LogP contribution in [-0.2, 0) is 55.8 Å². The summed E-state index contributed by atoms with van der Waals surface area (Å²) in [7, 11) is -9.83. The largest absolute Gasteiger partial charge is 0.472 e. The average molecular weight is 1760 g/mol. The summed E-state index contributed by atoms with van der Waals surface area (Å²) in [5, 5.41) is 20.8. The number of rotatable bonds is 91. The van der Waals surface area contributed by atoms with Crippen LogP contribution in [0, 0.1) is 0 Å². The molecule has 5 atom stereocenters. The highest BCUT2D eigenvalue weighted by atomic mass is 31.2. The molecule has 0 aromatic heterocycles. The number of phosphoric ester groups is 2. The summed E-state index contributed by atoms with van der Waals surface area (Å²) in [5.74, 6) is -1.59. The van der Waals surface area contributed by atoms with Gasteiger partial charge in [-0.2, -0.15) is 0 Å². The molecule has 18 heteroatoms. The molecule has 4 N–H and O–H groups in total. The van der Waals surface area contributed by atoms with Crippen LogP contribution in [0.1, 0.15) is 393 Å². The molecule has 5 unspecified atom stereocenters. The van der Waals surface area contributed by atoms with E-state index in [0.29, 0.717) is 19.3 Å². The van der Waals surface area contributed by atoms with Crippen LogP contribution in [-0.4, -0.2) is 95.9 Å². The zero-order valence-electron chi connectivity index (χ0n) is 77.5. The van der Waals surface area contributed by atoms with Crippen molar-refractivity contribution in [3.8, 4) is 0 Å². The normalized spacial score (nSPS) is 14.6. The fourth-order valence-corrected chi connectivity index (χ4v) is 14.6. The number of phosphoric acid groups is 2. The highest BCUT2D eigenvalue weighted by Gasteiger charge is 2.30. The van der Waals surface area contributed by atoms with Gasteiger partial charge in [-0.05, 0) is 167 Å². The monoisotopic (exact) mass is 1760 g/mol.